The van der Waals surface area contributed by atoms with E-state index in [-0.39, 0.29) is 17.8 Å². The van der Waals surface area contributed by atoms with Crippen molar-refractivity contribution in [2.75, 3.05) is 38.7 Å². The molecule has 0 aliphatic carbocycles. The van der Waals surface area contributed by atoms with Gasteiger partial charge in [0, 0.05) is 0 Å². The molecule has 25 heavy (non-hydrogen) atoms. The van der Waals surface area contributed by atoms with Gasteiger partial charge in [-0.25, -0.2) is 0 Å². The van der Waals surface area contributed by atoms with Crippen LogP contribution in [0.3, 0.4) is 0 Å². The van der Waals surface area contributed by atoms with E-state index in [0.29, 0.717) is 24.5 Å². The second-order valence-electron chi connectivity index (χ2n) is 6.55. The third-order valence-corrected chi connectivity index (χ3v) is 4.57. The Balaban J connectivity index is 1.83. The number of esters is 1. The highest BCUT2D eigenvalue weighted by atomic mass is 16.5. The van der Waals surface area contributed by atoms with Crippen molar-refractivity contribution in [1.82, 2.24) is 0 Å². The number of benzene rings is 1. The Morgan fingerprint density at radius 1 is 1.36 bits per heavy atom. The molecule has 2 rings (SSSR count). The smallest absolute Gasteiger partial charge is 0.314 e. The lowest BCUT2D eigenvalue weighted by Gasteiger charge is -2.28. The summed E-state index contributed by atoms with van der Waals surface area (Å²) < 4.78 is 10.4. The fraction of sp³-hybridized carbons (Fsp3) is 0.579. The molecule has 1 aliphatic rings. The molecule has 2 atom stereocenters. The van der Waals surface area contributed by atoms with Crippen LogP contribution < -0.4 is 15.0 Å². The largest absolute Gasteiger partial charge is 0.495 e. The summed E-state index contributed by atoms with van der Waals surface area (Å²) in [6.07, 6.45) is 2.29. The molecule has 1 saturated heterocycles. The van der Waals surface area contributed by atoms with Crippen LogP contribution in [0.4, 0.5) is 5.69 Å². The van der Waals surface area contributed by atoms with Gasteiger partial charge in [0.25, 0.3) is 0 Å². The molecule has 138 valence electrons. The first-order valence-electron chi connectivity index (χ1n) is 8.98. The first kappa shape index (κ1) is 19.2. The van der Waals surface area contributed by atoms with Crippen LogP contribution in [-0.2, 0) is 14.3 Å². The third kappa shape index (κ3) is 5.74. The molecule has 6 nitrogen and oxygen atoms in total. The summed E-state index contributed by atoms with van der Waals surface area (Å²) in [6.45, 7) is 6.69. The quantitative estimate of drug-likeness (QED) is 0.726. The van der Waals surface area contributed by atoms with Crippen molar-refractivity contribution in [1.29, 1.82) is 0 Å². The van der Waals surface area contributed by atoms with Crippen LogP contribution in [-0.4, -0.2) is 45.2 Å². The van der Waals surface area contributed by atoms with Crippen LogP contribution >= 0.6 is 0 Å². The Kier molecular flexibility index (Phi) is 7.25. The number of piperidine rings is 1. The second-order valence-corrected chi connectivity index (χ2v) is 6.55. The summed E-state index contributed by atoms with van der Waals surface area (Å²) in [5.74, 6) is 0.485. The first-order valence-corrected chi connectivity index (χ1v) is 8.98. The zero-order valence-electron chi connectivity index (χ0n) is 15.4. The summed E-state index contributed by atoms with van der Waals surface area (Å²) in [4.78, 5) is 25.5. The molecular formula is C19H29N2O4+. The highest BCUT2D eigenvalue weighted by Gasteiger charge is 2.29. The van der Waals surface area contributed by atoms with E-state index < -0.39 is 0 Å². The van der Waals surface area contributed by atoms with Gasteiger partial charge in [0.2, 0.25) is 5.91 Å². The third-order valence-electron chi connectivity index (χ3n) is 4.57. The van der Waals surface area contributed by atoms with E-state index in [1.807, 2.05) is 32.0 Å². The van der Waals surface area contributed by atoms with Crippen molar-refractivity contribution in [2.45, 2.75) is 33.1 Å². The number of hydrogen-bond acceptors (Lipinski definition) is 4. The SMILES string of the molecule is CCOC(=O)[C@@H]1CCC[NH+](CCC(=O)Nc2cc(C)ccc2OC)C1. The van der Waals surface area contributed by atoms with Crippen molar-refractivity contribution in [3.63, 3.8) is 0 Å². The summed E-state index contributed by atoms with van der Waals surface area (Å²) in [6, 6.07) is 5.70. The van der Waals surface area contributed by atoms with Gasteiger partial charge < -0.3 is 19.7 Å². The normalized spacial score (nSPS) is 20.0. The van der Waals surface area contributed by atoms with Crippen molar-refractivity contribution in [2.24, 2.45) is 5.92 Å². The van der Waals surface area contributed by atoms with Crippen LogP contribution in [0, 0.1) is 12.8 Å². The maximum Gasteiger partial charge on any atom is 0.314 e. The molecular weight excluding hydrogens is 320 g/mol. The average Bonchev–Trinajstić information content (AvgIpc) is 2.61. The van der Waals surface area contributed by atoms with Gasteiger partial charge in [0.1, 0.15) is 11.7 Å². The number of likely N-dealkylation sites (tertiary alicyclic amines) is 1. The summed E-state index contributed by atoms with van der Waals surface area (Å²) >= 11 is 0. The molecule has 1 unspecified atom stereocenters. The lowest BCUT2D eigenvalue weighted by Crippen LogP contribution is -3.13. The maximum atomic E-state index is 12.3. The zero-order chi connectivity index (χ0) is 18.2. The topological polar surface area (TPSA) is 69.1 Å². The number of aryl methyl sites for hydroxylation is 1. The monoisotopic (exact) mass is 349 g/mol. The van der Waals surface area contributed by atoms with E-state index in [1.165, 1.54) is 4.90 Å². The van der Waals surface area contributed by atoms with Gasteiger partial charge in [-0.05, 0) is 44.4 Å². The second kappa shape index (κ2) is 9.42. The van der Waals surface area contributed by atoms with E-state index in [0.717, 1.165) is 38.0 Å². The van der Waals surface area contributed by atoms with Gasteiger partial charge in [-0.1, -0.05) is 6.07 Å². The van der Waals surface area contributed by atoms with Crippen LogP contribution in [0.25, 0.3) is 0 Å². The van der Waals surface area contributed by atoms with E-state index >= 15 is 0 Å². The van der Waals surface area contributed by atoms with E-state index in [4.69, 9.17) is 9.47 Å². The summed E-state index contributed by atoms with van der Waals surface area (Å²) in [5.41, 5.74) is 1.76. The highest BCUT2D eigenvalue weighted by molar-refractivity contribution is 5.92. The number of quaternary nitrogens is 1. The molecule has 0 bridgehead atoms. The van der Waals surface area contributed by atoms with Crippen molar-refractivity contribution >= 4 is 17.6 Å². The summed E-state index contributed by atoms with van der Waals surface area (Å²) in [5, 5.41) is 2.93. The van der Waals surface area contributed by atoms with Gasteiger partial charge in [-0.2, -0.15) is 0 Å². The fourth-order valence-electron chi connectivity index (χ4n) is 3.26. The van der Waals surface area contributed by atoms with Gasteiger partial charge in [0.15, 0.2) is 0 Å². The van der Waals surface area contributed by atoms with E-state index in [2.05, 4.69) is 5.32 Å². The average molecular weight is 349 g/mol. The number of nitrogens with one attached hydrogen (secondary N) is 2. The molecule has 2 N–H and O–H groups in total. The molecule has 0 radical (unpaired) electrons. The van der Waals surface area contributed by atoms with Gasteiger partial charge in [-0.3, -0.25) is 9.59 Å². The molecule has 6 heteroatoms. The number of rotatable bonds is 7. The Bertz CT molecular complexity index is 603. The Morgan fingerprint density at radius 2 is 2.16 bits per heavy atom. The number of anilines is 1. The van der Waals surface area contributed by atoms with Crippen molar-refractivity contribution in [3.05, 3.63) is 23.8 Å². The minimum atomic E-state index is -0.103. The van der Waals surface area contributed by atoms with Crippen molar-refractivity contribution in [3.8, 4) is 5.75 Å². The van der Waals surface area contributed by atoms with E-state index in [9.17, 15) is 9.59 Å². The fourth-order valence-corrected chi connectivity index (χ4v) is 3.26. The van der Waals surface area contributed by atoms with Crippen molar-refractivity contribution < 1.29 is 24.0 Å². The lowest BCUT2D eigenvalue weighted by atomic mass is 9.98. The number of carbonyl (C=O) groups is 2. The Morgan fingerprint density at radius 3 is 2.88 bits per heavy atom. The molecule has 1 amide bonds. The number of hydrogen-bond donors (Lipinski definition) is 2. The zero-order valence-corrected chi connectivity index (χ0v) is 15.4. The molecule has 1 aromatic rings. The van der Waals surface area contributed by atoms with E-state index in [1.54, 1.807) is 7.11 Å². The molecule has 1 fully saturated rings. The molecule has 1 heterocycles. The Labute approximate surface area is 149 Å². The number of carbonyl (C=O) groups excluding carboxylic acids is 2. The van der Waals surface area contributed by atoms with Gasteiger partial charge in [-0.15, -0.1) is 0 Å². The first-order chi connectivity index (χ1) is 12.0. The van der Waals surface area contributed by atoms with Crippen LogP contribution in [0.2, 0.25) is 0 Å². The standard InChI is InChI=1S/C19H28N2O4/c1-4-25-19(23)15-6-5-10-21(13-15)11-9-18(22)20-16-12-14(2)7-8-17(16)24-3/h7-8,12,15H,4-6,9-11,13H2,1-3H3,(H,20,22)/p+1/t15-/m1/s1. The minimum absolute atomic E-state index is 0.0327. The van der Waals surface area contributed by atoms with Gasteiger partial charge in [0.05, 0.1) is 45.5 Å². The number of ether oxygens (including phenoxy) is 2. The molecule has 1 aliphatic heterocycles. The molecule has 0 spiro atoms. The predicted octanol–water partition coefficient (Wildman–Crippen LogP) is 1.19. The lowest BCUT2D eigenvalue weighted by molar-refractivity contribution is -0.906. The molecule has 0 aromatic heterocycles. The van der Waals surface area contributed by atoms with Gasteiger partial charge >= 0.3 is 5.97 Å². The Hall–Kier alpha value is -2.08. The number of methoxy groups -OCH3 is 1. The number of amides is 1. The minimum Gasteiger partial charge on any atom is -0.495 e. The maximum absolute atomic E-state index is 12.3. The molecule has 1 aromatic carbocycles. The van der Waals surface area contributed by atoms with Crippen LogP contribution in [0.5, 0.6) is 5.75 Å². The predicted molar refractivity (Wildman–Crippen MR) is 95.9 cm³/mol. The highest BCUT2D eigenvalue weighted by Crippen LogP contribution is 2.25. The molecule has 0 saturated carbocycles. The summed E-state index contributed by atoms with van der Waals surface area (Å²) in [7, 11) is 1.59. The van der Waals surface area contributed by atoms with Crippen LogP contribution in [0.1, 0.15) is 31.7 Å². The van der Waals surface area contributed by atoms with Crippen LogP contribution in [0.15, 0.2) is 18.2 Å².